The summed E-state index contributed by atoms with van der Waals surface area (Å²) in [6.07, 6.45) is -0.374. The molecule has 0 fully saturated rings. The molecule has 226 valence electrons. The van der Waals surface area contributed by atoms with E-state index in [9.17, 15) is 18.3 Å². The number of amides is 1. The van der Waals surface area contributed by atoms with E-state index in [1.165, 1.54) is 11.6 Å². The van der Waals surface area contributed by atoms with Gasteiger partial charge in [-0.05, 0) is 54.2 Å². The Labute approximate surface area is 257 Å². The average Bonchev–Trinajstić information content (AvgIpc) is 3.56. The molecule has 2 heterocycles. The van der Waals surface area contributed by atoms with Crippen molar-refractivity contribution in [2.45, 2.75) is 36.7 Å². The van der Waals surface area contributed by atoms with E-state index in [1.54, 1.807) is 41.5 Å². The number of nitrogens with one attached hydrogen (secondary N) is 1. The summed E-state index contributed by atoms with van der Waals surface area (Å²) in [4.78, 5) is 17.5. The van der Waals surface area contributed by atoms with Gasteiger partial charge in [0.05, 0.1) is 23.9 Å². The molecule has 2 N–H and O–H groups in total. The highest BCUT2D eigenvalue weighted by Gasteiger charge is 2.35. The SMILES string of the molecule is C[C@@H]1CN([C@H](C)CO)C(=O)c2cccc(NS(=O)(=O)c3cccs3)c2O[C@@H]1CN(C)Cc1ccc(-c2ccccc2)cc1. The molecule has 0 bridgehead atoms. The Hall–Kier alpha value is -3.70. The van der Waals surface area contributed by atoms with Crippen LogP contribution in [0.2, 0.25) is 0 Å². The van der Waals surface area contributed by atoms with Crippen LogP contribution in [0.4, 0.5) is 5.69 Å². The van der Waals surface area contributed by atoms with E-state index in [0.717, 1.165) is 22.5 Å². The van der Waals surface area contributed by atoms with Gasteiger partial charge in [0.2, 0.25) is 0 Å². The van der Waals surface area contributed by atoms with Gasteiger partial charge >= 0.3 is 0 Å². The molecule has 1 aliphatic rings. The van der Waals surface area contributed by atoms with Gasteiger partial charge in [-0.1, -0.05) is 73.7 Å². The monoisotopic (exact) mass is 619 g/mol. The summed E-state index contributed by atoms with van der Waals surface area (Å²) >= 11 is 1.11. The predicted molar refractivity (Wildman–Crippen MR) is 171 cm³/mol. The Morgan fingerprint density at radius 2 is 1.74 bits per heavy atom. The quantitative estimate of drug-likeness (QED) is 0.241. The predicted octanol–water partition coefficient (Wildman–Crippen LogP) is 5.57. The molecule has 4 aromatic rings. The Morgan fingerprint density at radius 3 is 2.42 bits per heavy atom. The maximum Gasteiger partial charge on any atom is 0.271 e. The van der Waals surface area contributed by atoms with E-state index < -0.39 is 16.1 Å². The van der Waals surface area contributed by atoms with Gasteiger partial charge in [-0.25, -0.2) is 8.42 Å². The third kappa shape index (κ3) is 7.10. The van der Waals surface area contributed by atoms with Gasteiger partial charge in [0.25, 0.3) is 15.9 Å². The average molecular weight is 620 g/mol. The number of aliphatic hydroxyl groups is 1. The van der Waals surface area contributed by atoms with Gasteiger partial charge in [-0.3, -0.25) is 14.4 Å². The van der Waals surface area contributed by atoms with Gasteiger partial charge in [0.15, 0.2) is 5.75 Å². The number of sulfonamides is 1. The molecule has 1 aliphatic heterocycles. The topological polar surface area (TPSA) is 99.2 Å². The van der Waals surface area contributed by atoms with E-state index in [1.807, 2.05) is 32.2 Å². The molecule has 3 atom stereocenters. The third-order valence-corrected chi connectivity index (χ3v) is 10.5. The largest absolute Gasteiger partial charge is 0.486 e. The van der Waals surface area contributed by atoms with E-state index >= 15 is 0 Å². The van der Waals surface area contributed by atoms with Crippen LogP contribution in [-0.2, 0) is 16.6 Å². The van der Waals surface area contributed by atoms with Crippen molar-refractivity contribution in [1.82, 2.24) is 9.80 Å². The zero-order valence-corrected chi connectivity index (χ0v) is 26.1. The van der Waals surface area contributed by atoms with Crippen LogP contribution in [0.5, 0.6) is 5.75 Å². The first-order valence-electron chi connectivity index (χ1n) is 14.3. The Balaban J connectivity index is 1.41. The highest BCUT2D eigenvalue weighted by molar-refractivity contribution is 7.94. The lowest BCUT2D eigenvalue weighted by molar-refractivity contribution is 0.0344. The normalized spacial score (nSPS) is 18.0. The molecule has 1 aromatic heterocycles. The maximum atomic E-state index is 13.7. The molecular weight excluding hydrogens is 583 g/mol. The van der Waals surface area contributed by atoms with Gasteiger partial charge in [-0.2, -0.15) is 0 Å². The molecule has 0 aliphatic carbocycles. The zero-order valence-electron chi connectivity index (χ0n) is 24.5. The van der Waals surface area contributed by atoms with Gasteiger partial charge < -0.3 is 14.7 Å². The maximum absolute atomic E-state index is 13.7. The number of carbonyl (C=O) groups is 1. The number of fused-ring (bicyclic) bond motifs is 1. The summed E-state index contributed by atoms with van der Waals surface area (Å²) < 4.78 is 35.7. The van der Waals surface area contributed by atoms with Crippen molar-refractivity contribution in [3.05, 3.63) is 101 Å². The highest BCUT2D eigenvalue weighted by Crippen LogP contribution is 2.36. The Kier molecular flexibility index (Phi) is 9.51. The van der Waals surface area contributed by atoms with E-state index in [-0.39, 0.29) is 45.7 Å². The van der Waals surface area contributed by atoms with E-state index in [0.29, 0.717) is 19.6 Å². The number of ether oxygens (including phenoxy) is 1. The highest BCUT2D eigenvalue weighted by atomic mass is 32.2. The number of rotatable bonds is 10. The first-order chi connectivity index (χ1) is 20.7. The minimum atomic E-state index is -3.88. The van der Waals surface area contributed by atoms with Crippen LogP contribution in [-0.4, -0.2) is 68.1 Å². The first-order valence-corrected chi connectivity index (χ1v) is 16.6. The molecule has 0 spiro atoms. The summed E-state index contributed by atoms with van der Waals surface area (Å²) in [5.41, 5.74) is 3.92. The van der Waals surface area contributed by atoms with Gasteiger partial charge in [-0.15, -0.1) is 11.3 Å². The fourth-order valence-electron chi connectivity index (χ4n) is 5.27. The van der Waals surface area contributed by atoms with Crippen LogP contribution in [0.3, 0.4) is 0 Å². The minimum absolute atomic E-state index is 0.115. The minimum Gasteiger partial charge on any atom is -0.486 e. The summed E-state index contributed by atoms with van der Waals surface area (Å²) in [7, 11) is -1.86. The molecule has 5 rings (SSSR count). The molecule has 0 saturated heterocycles. The number of carbonyl (C=O) groups excluding carboxylic acids is 1. The summed E-state index contributed by atoms with van der Waals surface area (Å²) in [5, 5.41) is 11.7. The molecule has 10 heteroatoms. The molecular formula is C33H37N3O5S2. The number of benzene rings is 3. The van der Waals surface area contributed by atoms with Crippen molar-refractivity contribution in [1.29, 1.82) is 0 Å². The lowest BCUT2D eigenvalue weighted by Gasteiger charge is -2.38. The number of nitrogens with zero attached hydrogens (tertiary/aromatic N) is 2. The van der Waals surface area contributed by atoms with Crippen LogP contribution in [0.1, 0.15) is 29.8 Å². The van der Waals surface area contributed by atoms with Crippen LogP contribution < -0.4 is 9.46 Å². The van der Waals surface area contributed by atoms with Crippen LogP contribution >= 0.6 is 11.3 Å². The second-order valence-electron chi connectivity index (χ2n) is 11.1. The van der Waals surface area contributed by atoms with Gasteiger partial charge in [0, 0.05) is 25.6 Å². The molecule has 0 saturated carbocycles. The van der Waals surface area contributed by atoms with Crippen molar-refractivity contribution < 1.29 is 23.1 Å². The Morgan fingerprint density at radius 1 is 1.02 bits per heavy atom. The Bertz CT molecular complexity index is 1630. The first kappa shape index (κ1) is 30.7. The fourth-order valence-corrected chi connectivity index (χ4v) is 7.33. The number of aliphatic hydroxyl groups excluding tert-OH is 1. The lowest BCUT2D eigenvalue weighted by atomic mass is 9.98. The van der Waals surface area contributed by atoms with Crippen molar-refractivity contribution >= 4 is 33.0 Å². The number of likely N-dealkylation sites (N-methyl/N-ethyl adjacent to an activating group) is 1. The van der Waals surface area contributed by atoms with Crippen molar-refractivity contribution in [3.63, 3.8) is 0 Å². The summed E-state index contributed by atoms with van der Waals surface area (Å²) in [6, 6.07) is 26.4. The molecule has 0 radical (unpaired) electrons. The number of para-hydroxylation sites is 1. The lowest BCUT2D eigenvalue weighted by Crippen LogP contribution is -2.49. The molecule has 3 aromatic carbocycles. The number of anilines is 1. The second kappa shape index (κ2) is 13.3. The molecule has 0 unspecified atom stereocenters. The van der Waals surface area contributed by atoms with Gasteiger partial charge in [0.1, 0.15) is 10.3 Å². The number of thiophene rings is 1. The van der Waals surface area contributed by atoms with Crippen molar-refractivity contribution in [2.75, 3.05) is 31.5 Å². The van der Waals surface area contributed by atoms with Crippen LogP contribution in [0.15, 0.2) is 94.5 Å². The summed E-state index contributed by atoms with van der Waals surface area (Å²) in [5.74, 6) is -0.234. The number of hydrogen-bond donors (Lipinski definition) is 2. The van der Waals surface area contributed by atoms with Crippen molar-refractivity contribution in [3.8, 4) is 16.9 Å². The molecule has 43 heavy (non-hydrogen) atoms. The number of hydrogen-bond acceptors (Lipinski definition) is 7. The molecule has 8 nitrogen and oxygen atoms in total. The summed E-state index contributed by atoms with van der Waals surface area (Å²) in [6.45, 7) is 5.22. The van der Waals surface area contributed by atoms with E-state index in [4.69, 9.17) is 4.74 Å². The van der Waals surface area contributed by atoms with E-state index in [2.05, 4.69) is 46.0 Å². The van der Waals surface area contributed by atoms with Crippen LogP contribution in [0, 0.1) is 5.92 Å². The smallest absolute Gasteiger partial charge is 0.271 e. The second-order valence-corrected chi connectivity index (χ2v) is 14.0. The van der Waals surface area contributed by atoms with Crippen LogP contribution in [0.25, 0.3) is 11.1 Å². The van der Waals surface area contributed by atoms with Crippen molar-refractivity contribution in [2.24, 2.45) is 5.92 Å². The standard InChI is InChI=1S/C33H37N3O5S2/c1-23-19-36(24(2)22-37)33(38)28-11-7-12-29(34-43(39,40)31-13-8-18-42-31)32(28)41-30(23)21-35(3)20-25-14-16-27(17-15-25)26-9-5-4-6-10-26/h4-18,23-24,30,34,37H,19-22H2,1-3H3/t23-,24-,30-/m1/s1. The zero-order chi connectivity index (χ0) is 30.6. The fraction of sp³-hybridized carbons (Fsp3) is 0.303. The third-order valence-electron chi connectivity index (χ3n) is 7.70. The molecule has 1 amide bonds.